The van der Waals surface area contributed by atoms with Crippen molar-refractivity contribution < 1.29 is 14.3 Å². The Bertz CT molecular complexity index is 557. The molecule has 0 spiro atoms. The standard InChI is InChI=1S/C17H24N2O3/c1-4-22-17(21)14-8-5-9-15(12(14)2)18-16(20)13-7-6-10-19(3)11-13/h5,8-9,13H,4,6-7,10-11H2,1-3H3,(H,18,20). The van der Waals surface area contributed by atoms with E-state index in [1.54, 1.807) is 19.1 Å². The number of nitrogens with zero attached hydrogens (tertiary/aromatic N) is 1. The number of piperidine rings is 1. The predicted octanol–water partition coefficient (Wildman–Crippen LogP) is 2.45. The lowest BCUT2D eigenvalue weighted by molar-refractivity contribution is -0.121. The van der Waals surface area contributed by atoms with Gasteiger partial charge in [0.1, 0.15) is 0 Å². The summed E-state index contributed by atoms with van der Waals surface area (Å²) in [6, 6.07) is 5.31. The third-order valence-electron chi connectivity index (χ3n) is 4.08. The van der Waals surface area contributed by atoms with E-state index in [0.29, 0.717) is 17.9 Å². The van der Waals surface area contributed by atoms with Crippen molar-refractivity contribution in [1.82, 2.24) is 4.90 Å². The summed E-state index contributed by atoms with van der Waals surface area (Å²) < 4.78 is 5.04. The molecule has 0 radical (unpaired) electrons. The molecular weight excluding hydrogens is 280 g/mol. The maximum Gasteiger partial charge on any atom is 0.338 e. The summed E-state index contributed by atoms with van der Waals surface area (Å²) in [5.41, 5.74) is 1.93. The van der Waals surface area contributed by atoms with Crippen LogP contribution in [0.5, 0.6) is 0 Å². The van der Waals surface area contributed by atoms with E-state index in [1.165, 1.54) is 0 Å². The minimum atomic E-state index is -0.353. The quantitative estimate of drug-likeness (QED) is 0.868. The average Bonchev–Trinajstić information content (AvgIpc) is 2.49. The summed E-state index contributed by atoms with van der Waals surface area (Å²) in [7, 11) is 2.03. The number of amides is 1. The molecule has 1 aliphatic rings. The molecule has 1 saturated heterocycles. The fourth-order valence-electron chi connectivity index (χ4n) is 2.82. The second kappa shape index (κ2) is 7.40. The maximum atomic E-state index is 12.4. The largest absolute Gasteiger partial charge is 0.462 e. The summed E-state index contributed by atoms with van der Waals surface area (Å²) in [5, 5.41) is 2.96. The second-order valence-corrected chi connectivity index (χ2v) is 5.79. The molecule has 5 nitrogen and oxygen atoms in total. The van der Waals surface area contributed by atoms with Crippen molar-refractivity contribution >= 4 is 17.6 Å². The smallest absolute Gasteiger partial charge is 0.338 e. The molecule has 2 rings (SSSR count). The molecule has 0 aliphatic carbocycles. The van der Waals surface area contributed by atoms with Crippen LogP contribution in [-0.4, -0.2) is 43.5 Å². The Kier molecular flexibility index (Phi) is 5.55. The Balaban J connectivity index is 2.11. The lowest BCUT2D eigenvalue weighted by Gasteiger charge is -2.29. The molecule has 1 fully saturated rings. The van der Waals surface area contributed by atoms with Crippen LogP contribution in [0.4, 0.5) is 5.69 Å². The Labute approximate surface area is 131 Å². The van der Waals surface area contributed by atoms with Gasteiger partial charge in [0, 0.05) is 12.2 Å². The van der Waals surface area contributed by atoms with Crippen LogP contribution >= 0.6 is 0 Å². The van der Waals surface area contributed by atoms with E-state index < -0.39 is 0 Å². The summed E-state index contributed by atoms with van der Waals surface area (Å²) in [5.74, 6) is -0.325. The number of nitrogens with one attached hydrogen (secondary N) is 1. The summed E-state index contributed by atoms with van der Waals surface area (Å²) in [4.78, 5) is 26.5. The predicted molar refractivity (Wildman–Crippen MR) is 86.0 cm³/mol. The molecule has 1 aromatic carbocycles. The number of ether oxygens (including phenoxy) is 1. The van der Waals surface area contributed by atoms with Crippen molar-refractivity contribution in [1.29, 1.82) is 0 Å². The summed E-state index contributed by atoms with van der Waals surface area (Å²) in [6.45, 7) is 5.76. The van der Waals surface area contributed by atoms with Gasteiger partial charge in [0.2, 0.25) is 5.91 Å². The lowest BCUT2D eigenvalue weighted by atomic mass is 9.97. The molecule has 1 heterocycles. The van der Waals surface area contributed by atoms with Gasteiger partial charge in [-0.1, -0.05) is 6.07 Å². The zero-order valence-electron chi connectivity index (χ0n) is 13.5. The van der Waals surface area contributed by atoms with Gasteiger partial charge >= 0.3 is 5.97 Å². The van der Waals surface area contributed by atoms with Crippen molar-refractivity contribution in [3.05, 3.63) is 29.3 Å². The number of hydrogen-bond acceptors (Lipinski definition) is 4. The number of likely N-dealkylation sites (tertiary alicyclic amines) is 1. The molecule has 1 aliphatic heterocycles. The average molecular weight is 304 g/mol. The van der Waals surface area contributed by atoms with E-state index in [4.69, 9.17) is 4.74 Å². The third-order valence-corrected chi connectivity index (χ3v) is 4.08. The van der Waals surface area contributed by atoms with Gasteiger partial charge in [-0.25, -0.2) is 4.79 Å². The normalized spacial score (nSPS) is 18.8. The molecule has 0 bridgehead atoms. The zero-order chi connectivity index (χ0) is 16.1. The highest BCUT2D eigenvalue weighted by Gasteiger charge is 2.24. The Morgan fingerprint density at radius 3 is 2.86 bits per heavy atom. The highest BCUT2D eigenvalue weighted by Crippen LogP contribution is 2.22. The molecule has 1 unspecified atom stereocenters. The van der Waals surface area contributed by atoms with Crippen LogP contribution in [0.15, 0.2) is 18.2 Å². The van der Waals surface area contributed by atoms with Crippen molar-refractivity contribution in [2.24, 2.45) is 5.92 Å². The van der Waals surface area contributed by atoms with Gasteiger partial charge in [-0.15, -0.1) is 0 Å². The van der Waals surface area contributed by atoms with E-state index in [0.717, 1.165) is 31.5 Å². The number of carbonyl (C=O) groups is 2. The van der Waals surface area contributed by atoms with Crippen LogP contribution in [0.3, 0.4) is 0 Å². The minimum Gasteiger partial charge on any atom is -0.462 e. The first-order valence-corrected chi connectivity index (χ1v) is 7.79. The third kappa shape index (κ3) is 3.85. The molecule has 120 valence electrons. The van der Waals surface area contributed by atoms with E-state index in [2.05, 4.69) is 10.2 Å². The van der Waals surface area contributed by atoms with Crippen molar-refractivity contribution in [3.8, 4) is 0 Å². The van der Waals surface area contributed by atoms with Crippen LogP contribution < -0.4 is 5.32 Å². The van der Waals surface area contributed by atoms with Crippen molar-refractivity contribution in [2.45, 2.75) is 26.7 Å². The van der Waals surface area contributed by atoms with Gasteiger partial charge in [0.05, 0.1) is 18.1 Å². The van der Waals surface area contributed by atoms with Gasteiger partial charge in [-0.05, 0) is 58.0 Å². The first-order chi connectivity index (χ1) is 10.5. The highest BCUT2D eigenvalue weighted by molar-refractivity contribution is 5.97. The number of hydrogen-bond donors (Lipinski definition) is 1. The van der Waals surface area contributed by atoms with Crippen LogP contribution in [0, 0.1) is 12.8 Å². The van der Waals surface area contributed by atoms with Gasteiger partial charge < -0.3 is 15.0 Å². The molecule has 22 heavy (non-hydrogen) atoms. The second-order valence-electron chi connectivity index (χ2n) is 5.79. The first-order valence-electron chi connectivity index (χ1n) is 7.79. The van der Waals surface area contributed by atoms with E-state index in [1.807, 2.05) is 20.0 Å². The molecule has 1 aromatic rings. The van der Waals surface area contributed by atoms with E-state index in [9.17, 15) is 9.59 Å². The van der Waals surface area contributed by atoms with Crippen LogP contribution in [0.1, 0.15) is 35.7 Å². The van der Waals surface area contributed by atoms with Crippen molar-refractivity contribution in [3.63, 3.8) is 0 Å². The lowest BCUT2D eigenvalue weighted by Crippen LogP contribution is -2.38. The van der Waals surface area contributed by atoms with Gasteiger partial charge in [0.15, 0.2) is 0 Å². The Morgan fingerprint density at radius 1 is 1.41 bits per heavy atom. The molecule has 1 amide bonds. The first kappa shape index (κ1) is 16.5. The topological polar surface area (TPSA) is 58.6 Å². The summed E-state index contributed by atoms with van der Waals surface area (Å²) >= 11 is 0. The Hall–Kier alpha value is -1.88. The molecule has 1 atom stereocenters. The van der Waals surface area contributed by atoms with E-state index in [-0.39, 0.29) is 17.8 Å². The number of rotatable bonds is 4. The fraction of sp³-hybridized carbons (Fsp3) is 0.529. The molecule has 1 N–H and O–H groups in total. The SMILES string of the molecule is CCOC(=O)c1cccc(NC(=O)C2CCCN(C)C2)c1C. The number of esters is 1. The number of anilines is 1. The Morgan fingerprint density at radius 2 is 2.18 bits per heavy atom. The maximum absolute atomic E-state index is 12.4. The number of carbonyl (C=O) groups excluding carboxylic acids is 2. The monoisotopic (exact) mass is 304 g/mol. The van der Waals surface area contributed by atoms with Gasteiger partial charge in [-0.3, -0.25) is 4.79 Å². The molecule has 0 aromatic heterocycles. The minimum absolute atomic E-state index is 0.00407. The van der Waals surface area contributed by atoms with Crippen molar-refractivity contribution in [2.75, 3.05) is 32.1 Å². The molecule has 5 heteroatoms. The number of benzene rings is 1. The molecule has 0 saturated carbocycles. The van der Waals surface area contributed by atoms with Gasteiger partial charge in [0.25, 0.3) is 0 Å². The van der Waals surface area contributed by atoms with Crippen LogP contribution in [0.25, 0.3) is 0 Å². The summed E-state index contributed by atoms with van der Waals surface area (Å²) in [6.07, 6.45) is 1.95. The van der Waals surface area contributed by atoms with Gasteiger partial charge in [-0.2, -0.15) is 0 Å². The fourth-order valence-corrected chi connectivity index (χ4v) is 2.82. The highest BCUT2D eigenvalue weighted by atomic mass is 16.5. The van der Waals surface area contributed by atoms with E-state index >= 15 is 0 Å². The van der Waals surface area contributed by atoms with Crippen LogP contribution in [-0.2, 0) is 9.53 Å². The zero-order valence-corrected chi connectivity index (χ0v) is 13.5. The molecular formula is C17H24N2O3. The van der Waals surface area contributed by atoms with Crippen LogP contribution in [0.2, 0.25) is 0 Å².